The van der Waals surface area contributed by atoms with E-state index in [2.05, 4.69) is 21.5 Å². The van der Waals surface area contributed by atoms with Crippen LogP contribution in [0.4, 0.5) is 0 Å². The molecule has 4 N–H and O–H groups in total. The molecule has 0 aliphatic rings. The average Bonchev–Trinajstić information content (AvgIpc) is 3.24. The van der Waals surface area contributed by atoms with Crippen LogP contribution in [-0.4, -0.2) is 25.5 Å². The Balaban J connectivity index is 2.13. The summed E-state index contributed by atoms with van der Waals surface area (Å²) >= 11 is 0. The van der Waals surface area contributed by atoms with Gasteiger partial charge in [0.25, 0.3) is 5.91 Å². The van der Waals surface area contributed by atoms with Crippen LogP contribution in [0.15, 0.2) is 36.8 Å². The molecule has 2 aromatic heterocycles. The second kappa shape index (κ2) is 8.12. The number of hydrogen-bond acceptors (Lipinski definition) is 3. The van der Waals surface area contributed by atoms with Crippen LogP contribution in [0.3, 0.4) is 0 Å². The first kappa shape index (κ1) is 18.8. The number of carbonyl (C=O) groups excluding carboxylic acids is 1. The summed E-state index contributed by atoms with van der Waals surface area (Å²) in [5, 5.41) is 9.94. The number of aromatic hydroxyl groups is 1. The molecular weight excluding hydrogens is 340 g/mol. The van der Waals surface area contributed by atoms with Crippen LogP contribution < -0.4 is 5.73 Å². The highest BCUT2D eigenvalue weighted by Gasteiger charge is 2.24. The molecule has 0 atom stereocenters. The third kappa shape index (κ3) is 3.89. The Labute approximate surface area is 159 Å². The van der Waals surface area contributed by atoms with Crippen LogP contribution in [0.2, 0.25) is 0 Å². The van der Waals surface area contributed by atoms with Gasteiger partial charge < -0.3 is 20.4 Å². The molecule has 6 nitrogen and oxygen atoms in total. The van der Waals surface area contributed by atoms with Crippen molar-refractivity contribution in [2.24, 2.45) is 5.73 Å². The van der Waals surface area contributed by atoms with Crippen molar-refractivity contribution in [2.75, 3.05) is 0 Å². The van der Waals surface area contributed by atoms with Crippen molar-refractivity contribution in [3.63, 3.8) is 0 Å². The molecule has 3 rings (SSSR count). The average molecular weight is 366 g/mol. The predicted molar refractivity (Wildman–Crippen MR) is 106 cm³/mol. The van der Waals surface area contributed by atoms with Crippen molar-refractivity contribution < 1.29 is 9.90 Å². The van der Waals surface area contributed by atoms with Gasteiger partial charge in [-0.2, -0.15) is 0 Å². The summed E-state index contributed by atoms with van der Waals surface area (Å²) in [4.78, 5) is 19.5. The van der Waals surface area contributed by atoms with Crippen LogP contribution in [0.25, 0.3) is 11.1 Å². The third-order valence-corrected chi connectivity index (χ3v) is 4.94. The number of carbonyl (C=O) groups is 1. The van der Waals surface area contributed by atoms with Crippen LogP contribution in [0, 0.1) is 6.92 Å². The Morgan fingerprint density at radius 2 is 2.15 bits per heavy atom. The zero-order valence-electron chi connectivity index (χ0n) is 15.8. The second-order valence-corrected chi connectivity index (χ2v) is 6.78. The van der Waals surface area contributed by atoms with E-state index in [9.17, 15) is 9.90 Å². The van der Waals surface area contributed by atoms with E-state index in [4.69, 9.17) is 5.73 Å². The number of phenolic OH excluding ortho intramolecular Hbond substituents is 1. The number of nitrogens with two attached hydrogens (primary N) is 1. The summed E-state index contributed by atoms with van der Waals surface area (Å²) in [6, 6.07) is 7.02. The highest BCUT2D eigenvalue weighted by Crippen LogP contribution is 2.35. The van der Waals surface area contributed by atoms with E-state index < -0.39 is 5.91 Å². The Kier molecular flexibility index (Phi) is 5.64. The largest absolute Gasteiger partial charge is 0.508 e. The molecule has 0 radical (unpaired) electrons. The standard InChI is InChI=1S/C21H26N4O2/c1-3-4-8-18-20(15-6-5-7-17(26)11-15)19(21(22)27)14(2)25(18)10-9-16-12-23-13-24-16/h5-7,11-13,26H,3-4,8-10H2,1-2H3,(H2,22,27)(H,23,24). The molecule has 0 bridgehead atoms. The Hall–Kier alpha value is -3.02. The van der Waals surface area contributed by atoms with Gasteiger partial charge >= 0.3 is 0 Å². The lowest BCUT2D eigenvalue weighted by molar-refractivity contribution is 0.1000. The van der Waals surface area contributed by atoms with Crippen molar-refractivity contribution in [1.82, 2.24) is 14.5 Å². The minimum absolute atomic E-state index is 0.173. The number of benzene rings is 1. The molecule has 1 amide bonds. The van der Waals surface area contributed by atoms with Gasteiger partial charge in [0.05, 0.1) is 11.9 Å². The molecule has 0 aliphatic carbocycles. The van der Waals surface area contributed by atoms with Crippen LogP contribution in [0.1, 0.15) is 47.2 Å². The topological polar surface area (TPSA) is 96.9 Å². The van der Waals surface area contributed by atoms with Gasteiger partial charge in [-0.05, 0) is 37.5 Å². The minimum Gasteiger partial charge on any atom is -0.508 e. The molecule has 3 aromatic rings. The predicted octanol–water partition coefficient (Wildman–Crippen LogP) is 3.58. The quantitative estimate of drug-likeness (QED) is 0.568. The number of aromatic nitrogens is 3. The first-order valence-corrected chi connectivity index (χ1v) is 9.31. The summed E-state index contributed by atoms with van der Waals surface area (Å²) in [5.41, 5.74) is 11.0. The number of primary amides is 1. The lowest BCUT2D eigenvalue weighted by Crippen LogP contribution is -2.14. The van der Waals surface area contributed by atoms with E-state index in [0.717, 1.165) is 60.4 Å². The summed E-state index contributed by atoms with van der Waals surface area (Å²) in [6.07, 6.45) is 7.18. The monoisotopic (exact) mass is 366 g/mol. The van der Waals surface area contributed by atoms with Gasteiger partial charge in [-0.15, -0.1) is 0 Å². The summed E-state index contributed by atoms with van der Waals surface area (Å²) in [7, 11) is 0. The van der Waals surface area contributed by atoms with Crippen molar-refractivity contribution in [3.8, 4) is 16.9 Å². The molecule has 0 aliphatic heterocycles. The molecule has 142 valence electrons. The van der Waals surface area contributed by atoms with Gasteiger partial charge in [-0.3, -0.25) is 4.79 Å². The normalized spacial score (nSPS) is 11.0. The van der Waals surface area contributed by atoms with E-state index in [0.29, 0.717) is 5.56 Å². The Morgan fingerprint density at radius 3 is 2.78 bits per heavy atom. The van der Waals surface area contributed by atoms with Gasteiger partial charge in [0.15, 0.2) is 0 Å². The fourth-order valence-corrected chi connectivity index (χ4v) is 3.63. The fraction of sp³-hybridized carbons (Fsp3) is 0.333. The summed E-state index contributed by atoms with van der Waals surface area (Å²) < 4.78 is 2.19. The van der Waals surface area contributed by atoms with Crippen LogP contribution in [-0.2, 0) is 19.4 Å². The first-order valence-electron chi connectivity index (χ1n) is 9.31. The lowest BCUT2D eigenvalue weighted by atomic mass is 9.97. The van der Waals surface area contributed by atoms with E-state index in [1.54, 1.807) is 24.5 Å². The summed E-state index contributed by atoms with van der Waals surface area (Å²) in [6.45, 7) is 4.81. The number of aromatic amines is 1. The maximum Gasteiger partial charge on any atom is 0.251 e. The van der Waals surface area contributed by atoms with Gasteiger partial charge in [0, 0.05) is 41.8 Å². The number of phenols is 1. The number of imidazole rings is 1. The maximum atomic E-state index is 12.3. The number of rotatable bonds is 8. The van der Waals surface area contributed by atoms with Gasteiger partial charge in [-0.25, -0.2) is 4.98 Å². The zero-order valence-corrected chi connectivity index (χ0v) is 15.8. The van der Waals surface area contributed by atoms with E-state index in [1.165, 1.54) is 0 Å². The lowest BCUT2D eigenvalue weighted by Gasteiger charge is -2.13. The smallest absolute Gasteiger partial charge is 0.251 e. The number of hydrogen-bond donors (Lipinski definition) is 3. The van der Waals surface area contributed by atoms with E-state index in [1.807, 2.05) is 19.2 Å². The molecule has 0 saturated carbocycles. The SMILES string of the molecule is CCCCc1c(-c2cccc(O)c2)c(C(N)=O)c(C)n1CCc1cnc[nH]1. The van der Waals surface area contributed by atoms with Crippen molar-refractivity contribution in [1.29, 1.82) is 0 Å². The second-order valence-electron chi connectivity index (χ2n) is 6.78. The van der Waals surface area contributed by atoms with Crippen molar-refractivity contribution in [2.45, 2.75) is 46.1 Å². The molecule has 27 heavy (non-hydrogen) atoms. The fourth-order valence-electron chi connectivity index (χ4n) is 3.63. The summed E-state index contributed by atoms with van der Waals surface area (Å²) in [5.74, 6) is -0.267. The Bertz CT molecular complexity index is 926. The van der Waals surface area contributed by atoms with E-state index in [-0.39, 0.29) is 5.75 Å². The van der Waals surface area contributed by atoms with Crippen molar-refractivity contribution >= 4 is 5.91 Å². The van der Waals surface area contributed by atoms with Crippen molar-refractivity contribution in [3.05, 3.63) is 59.4 Å². The minimum atomic E-state index is -0.441. The van der Waals surface area contributed by atoms with Gasteiger partial charge in [-0.1, -0.05) is 25.5 Å². The third-order valence-electron chi connectivity index (χ3n) is 4.94. The molecular formula is C21H26N4O2. The number of unbranched alkanes of at least 4 members (excludes halogenated alkanes) is 1. The maximum absolute atomic E-state index is 12.3. The number of amides is 1. The molecule has 0 fully saturated rings. The number of H-pyrrole nitrogens is 1. The van der Waals surface area contributed by atoms with E-state index >= 15 is 0 Å². The van der Waals surface area contributed by atoms with Gasteiger partial charge in [0.1, 0.15) is 5.75 Å². The number of nitrogens with one attached hydrogen (secondary N) is 1. The molecule has 0 spiro atoms. The van der Waals surface area contributed by atoms with Crippen LogP contribution in [0.5, 0.6) is 5.75 Å². The first-order chi connectivity index (χ1) is 13.0. The number of aryl methyl sites for hydroxylation is 1. The highest BCUT2D eigenvalue weighted by molar-refractivity contribution is 6.02. The Morgan fingerprint density at radius 1 is 1.33 bits per heavy atom. The molecule has 1 aromatic carbocycles. The number of nitrogens with zero attached hydrogens (tertiary/aromatic N) is 2. The highest BCUT2D eigenvalue weighted by atomic mass is 16.3. The van der Waals surface area contributed by atoms with Crippen LogP contribution >= 0.6 is 0 Å². The zero-order chi connectivity index (χ0) is 19.4. The molecule has 6 heteroatoms. The molecule has 2 heterocycles. The van der Waals surface area contributed by atoms with Gasteiger partial charge in [0.2, 0.25) is 0 Å². The molecule has 0 saturated heterocycles. The molecule has 0 unspecified atom stereocenters.